The van der Waals surface area contributed by atoms with E-state index in [1.807, 2.05) is 0 Å². The van der Waals surface area contributed by atoms with Gasteiger partial charge in [-0.3, -0.25) is 4.90 Å². The largest absolute Gasteiger partial charge is 0.315 e. The van der Waals surface area contributed by atoms with Crippen molar-refractivity contribution in [2.45, 2.75) is 83.3 Å². The van der Waals surface area contributed by atoms with Crippen molar-refractivity contribution in [2.24, 2.45) is 11.3 Å². The van der Waals surface area contributed by atoms with E-state index >= 15 is 0 Å². The molecule has 4 unspecified atom stereocenters. The molecule has 0 bridgehead atoms. The number of fused-ring (bicyclic) bond motifs is 1. The first-order valence-electron chi connectivity index (χ1n) is 8.56. The van der Waals surface area contributed by atoms with Crippen LogP contribution in [-0.2, 0) is 0 Å². The van der Waals surface area contributed by atoms with E-state index in [0.29, 0.717) is 11.5 Å². The van der Waals surface area contributed by atoms with Crippen LogP contribution in [0.3, 0.4) is 0 Å². The number of likely N-dealkylation sites (N-methyl/N-ethyl adjacent to an activating group) is 1. The predicted octanol–water partition coefficient (Wildman–Crippen LogP) is 3.42. The van der Waals surface area contributed by atoms with Crippen LogP contribution in [0.15, 0.2) is 0 Å². The van der Waals surface area contributed by atoms with Crippen LogP contribution >= 0.6 is 0 Å². The Bertz CT molecular complexity index is 312. The molecule has 1 aliphatic heterocycles. The van der Waals surface area contributed by atoms with Gasteiger partial charge < -0.3 is 5.32 Å². The Hall–Kier alpha value is -0.0800. The molecule has 0 spiro atoms. The van der Waals surface area contributed by atoms with E-state index in [9.17, 15) is 0 Å². The van der Waals surface area contributed by atoms with Gasteiger partial charge in [0.15, 0.2) is 0 Å². The molecule has 4 atom stereocenters. The summed E-state index contributed by atoms with van der Waals surface area (Å²) in [5.74, 6) is 1.02. The highest BCUT2D eigenvalue weighted by Crippen LogP contribution is 2.43. The fourth-order valence-electron chi connectivity index (χ4n) is 5.40. The zero-order valence-electron chi connectivity index (χ0n) is 13.1. The lowest BCUT2D eigenvalue weighted by atomic mass is 9.70. The monoisotopic (exact) mass is 264 g/mol. The van der Waals surface area contributed by atoms with E-state index in [1.54, 1.807) is 0 Å². The van der Waals surface area contributed by atoms with E-state index in [2.05, 4.69) is 31.1 Å². The second-order valence-corrected chi connectivity index (χ2v) is 7.85. The van der Waals surface area contributed by atoms with E-state index in [4.69, 9.17) is 0 Å². The lowest BCUT2D eigenvalue weighted by Crippen LogP contribution is -2.59. The van der Waals surface area contributed by atoms with Gasteiger partial charge in [0.2, 0.25) is 0 Å². The van der Waals surface area contributed by atoms with Gasteiger partial charge in [-0.1, -0.05) is 33.1 Å². The van der Waals surface area contributed by atoms with Crippen molar-refractivity contribution in [3.05, 3.63) is 0 Å². The fourth-order valence-corrected chi connectivity index (χ4v) is 5.40. The summed E-state index contributed by atoms with van der Waals surface area (Å²) in [5, 5.41) is 3.68. The molecular weight excluding hydrogens is 232 g/mol. The van der Waals surface area contributed by atoms with Crippen LogP contribution in [0.5, 0.6) is 0 Å². The van der Waals surface area contributed by atoms with Gasteiger partial charge in [-0.2, -0.15) is 0 Å². The first kappa shape index (κ1) is 13.9. The number of rotatable bonds is 2. The minimum Gasteiger partial charge on any atom is -0.315 e. The maximum absolute atomic E-state index is 3.68. The summed E-state index contributed by atoms with van der Waals surface area (Å²) in [6, 6.07) is 2.40. The van der Waals surface area contributed by atoms with Crippen molar-refractivity contribution in [1.29, 1.82) is 0 Å². The van der Waals surface area contributed by atoms with Crippen molar-refractivity contribution in [1.82, 2.24) is 10.2 Å². The van der Waals surface area contributed by atoms with E-state index in [1.165, 1.54) is 57.9 Å². The van der Waals surface area contributed by atoms with Gasteiger partial charge in [0.1, 0.15) is 0 Å². The van der Waals surface area contributed by atoms with Crippen LogP contribution in [-0.4, -0.2) is 36.6 Å². The van der Waals surface area contributed by atoms with Crippen LogP contribution in [0.2, 0.25) is 0 Å². The molecule has 2 saturated carbocycles. The number of likely N-dealkylation sites (tertiary alicyclic amines) is 1. The average molecular weight is 264 g/mol. The molecule has 0 aromatic heterocycles. The number of hydrogen-bond acceptors (Lipinski definition) is 2. The van der Waals surface area contributed by atoms with E-state index in [0.717, 1.165) is 18.0 Å². The Morgan fingerprint density at radius 3 is 2.47 bits per heavy atom. The summed E-state index contributed by atoms with van der Waals surface area (Å²) in [4.78, 5) is 2.92. The maximum Gasteiger partial charge on any atom is 0.0271 e. The van der Waals surface area contributed by atoms with Gasteiger partial charge in [-0.25, -0.2) is 0 Å². The Kier molecular flexibility index (Phi) is 3.92. The lowest BCUT2D eigenvalue weighted by Gasteiger charge is -2.49. The zero-order valence-corrected chi connectivity index (χ0v) is 13.1. The number of nitrogens with one attached hydrogen (secondary N) is 1. The molecule has 1 N–H and O–H groups in total. The predicted molar refractivity (Wildman–Crippen MR) is 81.3 cm³/mol. The molecule has 0 amide bonds. The van der Waals surface area contributed by atoms with Crippen molar-refractivity contribution < 1.29 is 0 Å². The Balaban J connectivity index is 1.76. The first-order chi connectivity index (χ1) is 9.13. The molecule has 0 aromatic carbocycles. The Morgan fingerprint density at radius 2 is 1.68 bits per heavy atom. The summed E-state index contributed by atoms with van der Waals surface area (Å²) < 4.78 is 0. The molecule has 3 aliphatic rings. The minimum atomic E-state index is 0.463. The second-order valence-electron chi connectivity index (χ2n) is 7.85. The van der Waals surface area contributed by atoms with Crippen molar-refractivity contribution >= 4 is 0 Å². The molecule has 2 nitrogen and oxygen atoms in total. The lowest BCUT2D eigenvalue weighted by molar-refractivity contribution is 0.0313. The molecule has 0 radical (unpaired) electrons. The molecule has 19 heavy (non-hydrogen) atoms. The average Bonchev–Trinajstić information content (AvgIpc) is 2.81. The minimum absolute atomic E-state index is 0.463. The van der Waals surface area contributed by atoms with Gasteiger partial charge in [-0.05, 0) is 57.0 Å². The standard InChI is InChI=1S/C17H32N2/c1-17(2)11-6-9-15(16(17)18-3)19-12-10-13-7-4-5-8-14(13)19/h13-16,18H,4-12H2,1-3H3. The molecule has 2 heteroatoms. The summed E-state index contributed by atoms with van der Waals surface area (Å²) in [5.41, 5.74) is 0.463. The molecule has 1 heterocycles. The SMILES string of the molecule is CNC1C(N2CCC3CCCCC32)CCCC1(C)C. The highest BCUT2D eigenvalue weighted by Gasteiger charge is 2.46. The smallest absolute Gasteiger partial charge is 0.0271 e. The molecule has 1 saturated heterocycles. The molecular formula is C17H32N2. The van der Waals surface area contributed by atoms with E-state index < -0.39 is 0 Å². The van der Waals surface area contributed by atoms with Gasteiger partial charge >= 0.3 is 0 Å². The summed E-state index contributed by atoms with van der Waals surface area (Å²) >= 11 is 0. The Morgan fingerprint density at radius 1 is 0.947 bits per heavy atom. The van der Waals surface area contributed by atoms with Gasteiger partial charge in [0.05, 0.1) is 0 Å². The van der Waals surface area contributed by atoms with Crippen LogP contribution in [0.25, 0.3) is 0 Å². The zero-order chi connectivity index (χ0) is 13.5. The van der Waals surface area contributed by atoms with Crippen LogP contribution in [0, 0.1) is 11.3 Å². The molecule has 3 rings (SSSR count). The molecule has 110 valence electrons. The fraction of sp³-hybridized carbons (Fsp3) is 1.00. The Labute approximate surface area is 119 Å². The summed E-state index contributed by atoms with van der Waals surface area (Å²) in [6.07, 6.45) is 11.6. The van der Waals surface area contributed by atoms with Gasteiger partial charge in [0.25, 0.3) is 0 Å². The molecule has 2 aliphatic carbocycles. The topological polar surface area (TPSA) is 15.3 Å². The molecule has 0 aromatic rings. The summed E-state index contributed by atoms with van der Waals surface area (Å²) in [6.45, 7) is 6.30. The first-order valence-corrected chi connectivity index (χ1v) is 8.56. The highest BCUT2D eigenvalue weighted by atomic mass is 15.2. The third-order valence-electron chi connectivity index (χ3n) is 6.34. The van der Waals surface area contributed by atoms with Crippen molar-refractivity contribution in [3.8, 4) is 0 Å². The number of nitrogens with zero attached hydrogens (tertiary/aromatic N) is 1. The second kappa shape index (κ2) is 5.37. The molecule has 3 fully saturated rings. The van der Waals surface area contributed by atoms with E-state index in [-0.39, 0.29) is 0 Å². The normalized spacial score (nSPS) is 43.1. The summed E-state index contributed by atoms with van der Waals surface area (Å²) in [7, 11) is 2.18. The quantitative estimate of drug-likeness (QED) is 0.822. The van der Waals surface area contributed by atoms with Crippen LogP contribution in [0.4, 0.5) is 0 Å². The van der Waals surface area contributed by atoms with Crippen LogP contribution < -0.4 is 5.32 Å². The van der Waals surface area contributed by atoms with Gasteiger partial charge in [0, 0.05) is 18.1 Å². The van der Waals surface area contributed by atoms with Crippen molar-refractivity contribution in [2.75, 3.05) is 13.6 Å². The third-order valence-corrected chi connectivity index (χ3v) is 6.34. The third kappa shape index (κ3) is 2.47. The number of hydrogen-bond donors (Lipinski definition) is 1. The van der Waals surface area contributed by atoms with Crippen LogP contribution in [0.1, 0.15) is 65.2 Å². The maximum atomic E-state index is 3.68. The van der Waals surface area contributed by atoms with Crippen molar-refractivity contribution in [3.63, 3.8) is 0 Å². The highest BCUT2D eigenvalue weighted by molar-refractivity contribution is 5.02. The van der Waals surface area contributed by atoms with Gasteiger partial charge in [-0.15, -0.1) is 0 Å².